The molecule has 5 nitrogen and oxygen atoms in total. The molecule has 2 saturated carbocycles. The normalized spacial score (nSPS) is 20.4. The molecular formula is C12H17N5S. The number of nitrogens with zero attached hydrogens (tertiary/aromatic N) is 4. The standard InChI is InChI=1S/C12H17N5S/c1-2-8(3-1)11-14-15-12-17(11)16-10(18-12)6-7-13-9-4-5-9/h8-9,13H,1-7H2. The van der Waals surface area contributed by atoms with Gasteiger partial charge in [-0.1, -0.05) is 17.8 Å². The lowest BCUT2D eigenvalue weighted by Crippen LogP contribution is -2.19. The van der Waals surface area contributed by atoms with E-state index in [1.807, 2.05) is 4.52 Å². The van der Waals surface area contributed by atoms with Crippen molar-refractivity contribution in [3.63, 3.8) is 0 Å². The SMILES string of the molecule is C1CC(c2nnc3sc(CCNC4CC4)nn23)C1. The van der Waals surface area contributed by atoms with E-state index >= 15 is 0 Å². The van der Waals surface area contributed by atoms with Crippen LogP contribution in [0.3, 0.4) is 0 Å². The van der Waals surface area contributed by atoms with E-state index in [0.29, 0.717) is 5.92 Å². The minimum Gasteiger partial charge on any atom is -0.314 e. The lowest BCUT2D eigenvalue weighted by Gasteiger charge is -2.22. The molecule has 0 saturated heterocycles. The summed E-state index contributed by atoms with van der Waals surface area (Å²) in [4.78, 5) is 0.957. The van der Waals surface area contributed by atoms with Crippen LogP contribution in [0.15, 0.2) is 0 Å². The molecule has 0 amide bonds. The van der Waals surface area contributed by atoms with E-state index in [1.165, 1.54) is 37.1 Å². The fourth-order valence-corrected chi connectivity index (χ4v) is 3.20. The van der Waals surface area contributed by atoms with E-state index in [4.69, 9.17) is 0 Å². The molecule has 6 heteroatoms. The lowest BCUT2D eigenvalue weighted by atomic mass is 9.85. The molecule has 0 unspecified atom stereocenters. The summed E-state index contributed by atoms with van der Waals surface area (Å²) in [5.74, 6) is 1.67. The number of fused-ring (bicyclic) bond motifs is 1. The van der Waals surface area contributed by atoms with Crippen LogP contribution in [-0.2, 0) is 6.42 Å². The van der Waals surface area contributed by atoms with Gasteiger partial charge >= 0.3 is 0 Å². The van der Waals surface area contributed by atoms with Crippen molar-refractivity contribution in [2.24, 2.45) is 0 Å². The van der Waals surface area contributed by atoms with Crippen LogP contribution in [0.2, 0.25) is 0 Å². The molecule has 4 rings (SSSR count). The number of aromatic nitrogens is 4. The van der Waals surface area contributed by atoms with Crippen molar-refractivity contribution in [3.05, 3.63) is 10.8 Å². The smallest absolute Gasteiger partial charge is 0.234 e. The van der Waals surface area contributed by atoms with E-state index in [0.717, 1.165) is 29.8 Å². The molecule has 2 aromatic rings. The van der Waals surface area contributed by atoms with Crippen LogP contribution < -0.4 is 5.32 Å². The number of nitrogens with one attached hydrogen (secondary N) is 1. The van der Waals surface area contributed by atoms with Crippen LogP contribution in [0.4, 0.5) is 0 Å². The zero-order valence-electron chi connectivity index (χ0n) is 10.3. The number of hydrogen-bond donors (Lipinski definition) is 1. The lowest BCUT2D eigenvalue weighted by molar-refractivity contribution is 0.395. The molecule has 0 aromatic carbocycles. The summed E-state index contributed by atoms with van der Waals surface area (Å²) in [6.45, 7) is 1.04. The highest BCUT2D eigenvalue weighted by Crippen LogP contribution is 2.35. The molecule has 2 heterocycles. The summed E-state index contributed by atoms with van der Waals surface area (Å²) in [6.07, 6.45) is 7.51. The maximum atomic E-state index is 4.66. The molecule has 0 aliphatic heterocycles. The molecule has 18 heavy (non-hydrogen) atoms. The minimum absolute atomic E-state index is 0.597. The molecule has 2 aliphatic rings. The third-order valence-corrected chi connectivity index (χ3v) is 4.83. The predicted molar refractivity (Wildman–Crippen MR) is 70.0 cm³/mol. The Morgan fingerprint density at radius 3 is 2.83 bits per heavy atom. The van der Waals surface area contributed by atoms with Crippen molar-refractivity contribution in [2.45, 2.75) is 50.5 Å². The summed E-state index contributed by atoms with van der Waals surface area (Å²) >= 11 is 1.68. The van der Waals surface area contributed by atoms with E-state index in [-0.39, 0.29) is 0 Å². The molecule has 2 fully saturated rings. The van der Waals surface area contributed by atoms with Crippen molar-refractivity contribution >= 4 is 16.3 Å². The van der Waals surface area contributed by atoms with Crippen molar-refractivity contribution in [3.8, 4) is 0 Å². The molecular weight excluding hydrogens is 246 g/mol. The number of hydrogen-bond acceptors (Lipinski definition) is 5. The second-order valence-corrected chi connectivity index (χ2v) is 6.40. The van der Waals surface area contributed by atoms with Crippen LogP contribution >= 0.6 is 11.3 Å². The first-order chi connectivity index (χ1) is 8.90. The molecule has 96 valence electrons. The monoisotopic (exact) mass is 263 g/mol. The van der Waals surface area contributed by atoms with Gasteiger partial charge in [0.1, 0.15) is 5.01 Å². The second-order valence-electron chi connectivity index (χ2n) is 5.35. The Balaban J connectivity index is 1.49. The maximum Gasteiger partial charge on any atom is 0.234 e. The van der Waals surface area contributed by atoms with Gasteiger partial charge in [-0.2, -0.15) is 9.61 Å². The van der Waals surface area contributed by atoms with Gasteiger partial charge < -0.3 is 5.32 Å². The third-order valence-electron chi connectivity index (χ3n) is 3.88. The first-order valence-electron chi connectivity index (χ1n) is 6.84. The summed E-state index contributed by atoms with van der Waals surface area (Å²) < 4.78 is 1.97. The van der Waals surface area contributed by atoms with Crippen molar-refractivity contribution in [2.75, 3.05) is 6.54 Å². The van der Waals surface area contributed by atoms with Gasteiger partial charge in [0.25, 0.3) is 0 Å². The van der Waals surface area contributed by atoms with E-state index < -0.39 is 0 Å². The third kappa shape index (κ3) is 1.93. The van der Waals surface area contributed by atoms with Crippen LogP contribution in [0.25, 0.3) is 4.96 Å². The van der Waals surface area contributed by atoms with E-state index in [1.54, 1.807) is 11.3 Å². The van der Waals surface area contributed by atoms with E-state index in [2.05, 4.69) is 20.6 Å². The summed E-state index contributed by atoms with van der Waals surface area (Å²) in [7, 11) is 0. The quantitative estimate of drug-likeness (QED) is 0.893. The minimum atomic E-state index is 0.597. The Labute approximate surface area is 110 Å². The Hall–Kier alpha value is -1.01. The van der Waals surface area contributed by atoms with Gasteiger partial charge in [-0.25, -0.2) is 0 Å². The van der Waals surface area contributed by atoms with Crippen LogP contribution in [0.5, 0.6) is 0 Å². The van der Waals surface area contributed by atoms with Crippen LogP contribution in [0, 0.1) is 0 Å². The largest absolute Gasteiger partial charge is 0.314 e. The molecule has 1 N–H and O–H groups in total. The fraction of sp³-hybridized carbons (Fsp3) is 0.750. The molecule has 0 spiro atoms. The van der Waals surface area contributed by atoms with Gasteiger partial charge in [-0.05, 0) is 25.7 Å². The number of rotatable bonds is 5. The van der Waals surface area contributed by atoms with Gasteiger partial charge in [0.2, 0.25) is 4.96 Å². The zero-order valence-corrected chi connectivity index (χ0v) is 11.1. The summed E-state index contributed by atoms with van der Waals surface area (Å²) in [6, 6.07) is 0.779. The molecule has 0 radical (unpaired) electrons. The maximum absolute atomic E-state index is 4.66. The Bertz CT molecular complexity index is 552. The highest BCUT2D eigenvalue weighted by Gasteiger charge is 2.26. The fourth-order valence-electron chi connectivity index (χ4n) is 2.36. The van der Waals surface area contributed by atoms with Crippen LogP contribution in [-0.4, -0.2) is 32.4 Å². The topological polar surface area (TPSA) is 55.1 Å². The van der Waals surface area contributed by atoms with Gasteiger partial charge in [0, 0.05) is 24.9 Å². The first kappa shape index (κ1) is 10.9. The average Bonchev–Trinajstić information content (AvgIpc) is 2.90. The second kappa shape index (κ2) is 4.28. The molecule has 2 aromatic heterocycles. The van der Waals surface area contributed by atoms with Gasteiger partial charge in [0.05, 0.1) is 0 Å². The Morgan fingerprint density at radius 2 is 2.11 bits per heavy atom. The highest BCUT2D eigenvalue weighted by atomic mass is 32.1. The van der Waals surface area contributed by atoms with Gasteiger partial charge in [0.15, 0.2) is 5.82 Å². The van der Waals surface area contributed by atoms with E-state index in [9.17, 15) is 0 Å². The molecule has 0 atom stereocenters. The average molecular weight is 263 g/mol. The molecule has 0 bridgehead atoms. The van der Waals surface area contributed by atoms with Gasteiger partial charge in [-0.3, -0.25) is 0 Å². The zero-order chi connectivity index (χ0) is 11.9. The highest BCUT2D eigenvalue weighted by molar-refractivity contribution is 7.16. The van der Waals surface area contributed by atoms with Crippen molar-refractivity contribution in [1.82, 2.24) is 25.1 Å². The Morgan fingerprint density at radius 1 is 1.22 bits per heavy atom. The molecule has 2 aliphatic carbocycles. The van der Waals surface area contributed by atoms with Crippen molar-refractivity contribution < 1.29 is 0 Å². The van der Waals surface area contributed by atoms with Gasteiger partial charge in [-0.15, -0.1) is 10.2 Å². The predicted octanol–water partition coefficient (Wildman–Crippen LogP) is 1.75. The van der Waals surface area contributed by atoms with Crippen LogP contribution in [0.1, 0.15) is 48.9 Å². The summed E-state index contributed by atoms with van der Waals surface area (Å²) in [5.41, 5.74) is 0. The van der Waals surface area contributed by atoms with Crippen molar-refractivity contribution in [1.29, 1.82) is 0 Å². The summed E-state index contributed by atoms with van der Waals surface area (Å²) in [5, 5.41) is 17.9. The Kier molecular flexibility index (Phi) is 2.58. The first-order valence-corrected chi connectivity index (χ1v) is 7.66.